The summed E-state index contributed by atoms with van der Waals surface area (Å²) in [6, 6.07) is 5.67. The first kappa shape index (κ1) is 20.2. The van der Waals surface area contributed by atoms with E-state index >= 15 is 0 Å². The number of nitro groups is 1. The van der Waals surface area contributed by atoms with Crippen LogP contribution in [0.25, 0.3) is 0 Å². The van der Waals surface area contributed by atoms with Crippen LogP contribution in [-0.2, 0) is 9.59 Å². The molecule has 8 heteroatoms. The number of allylic oxidation sites excluding steroid dienone is 2. The summed E-state index contributed by atoms with van der Waals surface area (Å²) in [6.45, 7) is 5.69. The van der Waals surface area contributed by atoms with E-state index < -0.39 is 22.8 Å². The second kappa shape index (κ2) is 8.03. The minimum Gasteiger partial charge on any atom is -0.478 e. The van der Waals surface area contributed by atoms with Crippen LogP contribution < -0.4 is 0 Å². The molecule has 0 aliphatic carbocycles. The van der Waals surface area contributed by atoms with Gasteiger partial charge in [-0.1, -0.05) is 31.5 Å². The van der Waals surface area contributed by atoms with Crippen LogP contribution in [-0.4, -0.2) is 38.5 Å². The van der Waals surface area contributed by atoms with E-state index in [1.165, 1.54) is 24.3 Å². The van der Waals surface area contributed by atoms with Gasteiger partial charge in [-0.15, -0.1) is 0 Å². The van der Waals surface area contributed by atoms with Crippen molar-refractivity contribution in [3.8, 4) is 0 Å². The van der Waals surface area contributed by atoms with Gasteiger partial charge in [0.05, 0.1) is 22.0 Å². The highest BCUT2D eigenvalue weighted by atomic mass is 16.6. The van der Waals surface area contributed by atoms with Gasteiger partial charge in [0, 0.05) is 29.6 Å². The van der Waals surface area contributed by atoms with Crippen LogP contribution in [0, 0.1) is 10.1 Å². The Kier molecular flexibility index (Phi) is 5.99. The molecule has 0 saturated heterocycles. The first-order valence-electron chi connectivity index (χ1n) is 8.61. The fourth-order valence-corrected chi connectivity index (χ4v) is 3.52. The number of nitrogens with zero attached hydrogens (tertiary/aromatic N) is 2. The number of hydrogen-bond donors (Lipinski definition) is 2. The van der Waals surface area contributed by atoms with E-state index in [9.17, 15) is 29.9 Å². The lowest BCUT2D eigenvalue weighted by Gasteiger charge is -2.36. The van der Waals surface area contributed by atoms with Gasteiger partial charge >= 0.3 is 11.9 Å². The number of rotatable bonds is 7. The predicted molar refractivity (Wildman–Crippen MR) is 98.1 cm³/mol. The fourth-order valence-electron chi connectivity index (χ4n) is 3.52. The van der Waals surface area contributed by atoms with Crippen molar-refractivity contribution in [3.05, 3.63) is 62.5 Å². The topological polar surface area (TPSA) is 121 Å². The number of carboxylic acid groups (broad SMARTS) is 2. The van der Waals surface area contributed by atoms with Gasteiger partial charge < -0.3 is 15.1 Å². The molecule has 1 heterocycles. The van der Waals surface area contributed by atoms with Crippen molar-refractivity contribution in [2.24, 2.45) is 0 Å². The molecule has 0 atom stereocenters. The molecule has 2 N–H and O–H groups in total. The number of hydrogen-bond acceptors (Lipinski definition) is 5. The van der Waals surface area contributed by atoms with Crippen LogP contribution in [0.15, 0.2) is 46.8 Å². The van der Waals surface area contributed by atoms with Gasteiger partial charge in [-0.05, 0) is 20.3 Å². The lowest BCUT2D eigenvalue weighted by Crippen LogP contribution is -2.35. The van der Waals surface area contributed by atoms with E-state index in [2.05, 4.69) is 0 Å². The Morgan fingerprint density at radius 1 is 1.11 bits per heavy atom. The highest BCUT2D eigenvalue weighted by Gasteiger charge is 2.41. The summed E-state index contributed by atoms with van der Waals surface area (Å²) in [7, 11) is 0. The zero-order valence-corrected chi connectivity index (χ0v) is 15.4. The monoisotopic (exact) mass is 374 g/mol. The van der Waals surface area contributed by atoms with E-state index in [4.69, 9.17) is 0 Å². The Morgan fingerprint density at radius 2 is 1.63 bits per heavy atom. The van der Waals surface area contributed by atoms with Crippen LogP contribution in [0.2, 0.25) is 0 Å². The Labute approximate surface area is 156 Å². The maximum Gasteiger partial charge on any atom is 0.334 e. The van der Waals surface area contributed by atoms with Gasteiger partial charge in [-0.3, -0.25) is 10.1 Å². The minimum atomic E-state index is -1.29. The van der Waals surface area contributed by atoms with Gasteiger partial charge in [0.1, 0.15) is 0 Å². The minimum absolute atomic E-state index is 0.0612. The number of benzene rings is 1. The Balaban J connectivity index is 2.80. The normalized spacial score (nSPS) is 15.3. The maximum atomic E-state index is 12.1. The molecule has 2 rings (SSSR count). The van der Waals surface area contributed by atoms with Crippen LogP contribution in [0.4, 0.5) is 5.69 Å². The number of unbranched alkanes of at least 4 members (excludes halogenated alkanes) is 1. The quantitative estimate of drug-likeness (QED) is 0.553. The summed E-state index contributed by atoms with van der Waals surface area (Å²) in [5.74, 6) is -3.80. The van der Waals surface area contributed by atoms with Gasteiger partial charge in [0.15, 0.2) is 0 Å². The molecular formula is C19H22N2O6. The SMILES string of the molecule is CCCCN1C(C)=C(C(=O)O)C(c2ccccc2[N+](=O)[O-])C(C(=O)O)=C1C. The molecule has 8 nitrogen and oxygen atoms in total. The standard InChI is InChI=1S/C19H22N2O6/c1-4-5-10-20-11(2)15(18(22)23)17(16(12(20)3)19(24)25)13-8-6-7-9-14(13)21(26)27/h6-9,17H,4-5,10H2,1-3H3,(H,22,23)(H,24,25). The predicted octanol–water partition coefficient (Wildman–Crippen LogP) is 3.51. The average Bonchev–Trinajstić information content (AvgIpc) is 2.60. The number of carbonyl (C=O) groups is 2. The van der Waals surface area contributed by atoms with Crippen LogP contribution >= 0.6 is 0 Å². The van der Waals surface area contributed by atoms with Crippen molar-refractivity contribution in [3.63, 3.8) is 0 Å². The second-order valence-corrected chi connectivity index (χ2v) is 6.36. The highest BCUT2D eigenvalue weighted by Crippen LogP contribution is 2.44. The molecule has 0 bridgehead atoms. The molecule has 0 aromatic heterocycles. The number of carboxylic acids is 2. The van der Waals surface area contributed by atoms with Gasteiger partial charge in [-0.2, -0.15) is 0 Å². The first-order valence-corrected chi connectivity index (χ1v) is 8.61. The van der Waals surface area contributed by atoms with Crippen molar-refractivity contribution >= 4 is 17.6 Å². The lowest BCUT2D eigenvalue weighted by atomic mass is 9.79. The third-order valence-corrected chi connectivity index (χ3v) is 4.81. The van der Waals surface area contributed by atoms with Crippen molar-refractivity contribution in [1.82, 2.24) is 4.90 Å². The molecule has 0 radical (unpaired) electrons. The third-order valence-electron chi connectivity index (χ3n) is 4.81. The molecule has 1 aromatic rings. The van der Waals surface area contributed by atoms with Gasteiger partial charge in [-0.25, -0.2) is 9.59 Å². The molecule has 0 fully saturated rings. The zero-order valence-electron chi connectivity index (χ0n) is 15.4. The van der Waals surface area contributed by atoms with Crippen molar-refractivity contribution in [2.75, 3.05) is 6.54 Å². The number of aliphatic carboxylic acids is 2. The molecule has 144 valence electrons. The Hall–Kier alpha value is -3.16. The van der Waals surface area contributed by atoms with Gasteiger partial charge in [0.25, 0.3) is 5.69 Å². The van der Waals surface area contributed by atoms with E-state index in [0.29, 0.717) is 17.9 Å². The van der Waals surface area contributed by atoms with E-state index in [-0.39, 0.29) is 22.4 Å². The fraction of sp³-hybridized carbons (Fsp3) is 0.368. The maximum absolute atomic E-state index is 12.1. The highest BCUT2D eigenvalue weighted by molar-refractivity contribution is 5.98. The molecule has 1 aromatic carbocycles. The first-order chi connectivity index (χ1) is 12.7. The van der Waals surface area contributed by atoms with Crippen LogP contribution in [0.1, 0.15) is 45.1 Å². The number of para-hydroxylation sites is 1. The summed E-state index contributed by atoms with van der Waals surface area (Å²) < 4.78 is 0. The smallest absolute Gasteiger partial charge is 0.334 e. The summed E-state index contributed by atoms with van der Waals surface area (Å²) in [5, 5.41) is 31.1. The summed E-state index contributed by atoms with van der Waals surface area (Å²) in [6.07, 6.45) is 1.61. The van der Waals surface area contributed by atoms with E-state index in [1.807, 2.05) is 6.92 Å². The molecule has 1 aliphatic rings. The van der Waals surface area contributed by atoms with Crippen molar-refractivity contribution in [1.29, 1.82) is 0 Å². The molecule has 0 saturated carbocycles. The summed E-state index contributed by atoms with van der Waals surface area (Å²) in [5.41, 5.74) is 0.267. The second-order valence-electron chi connectivity index (χ2n) is 6.36. The zero-order chi connectivity index (χ0) is 20.3. The molecule has 0 unspecified atom stereocenters. The molecule has 0 spiro atoms. The van der Waals surface area contributed by atoms with E-state index in [0.717, 1.165) is 12.8 Å². The average molecular weight is 374 g/mol. The lowest BCUT2D eigenvalue weighted by molar-refractivity contribution is -0.385. The van der Waals surface area contributed by atoms with Gasteiger partial charge in [0.2, 0.25) is 0 Å². The Morgan fingerprint density at radius 3 is 2.07 bits per heavy atom. The molecular weight excluding hydrogens is 352 g/mol. The van der Waals surface area contributed by atoms with Crippen LogP contribution in [0.3, 0.4) is 0 Å². The van der Waals surface area contributed by atoms with Crippen molar-refractivity contribution in [2.45, 2.75) is 39.5 Å². The molecule has 1 aliphatic heterocycles. The largest absolute Gasteiger partial charge is 0.478 e. The van der Waals surface area contributed by atoms with Crippen LogP contribution in [0.5, 0.6) is 0 Å². The molecule has 0 amide bonds. The number of nitro benzene ring substituents is 1. The van der Waals surface area contributed by atoms with Crippen molar-refractivity contribution < 1.29 is 24.7 Å². The summed E-state index contributed by atoms with van der Waals surface area (Å²) >= 11 is 0. The third kappa shape index (κ3) is 3.69. The molecule has 27 heavy (non-hydrogen) atoms. The van der Waals surface area contributed by atoms with E-state index in [1.54, 1.807) is 18.7 Å². The summed E-state index contributed by atoms with van der Waals surface area (Å²) in [4.78, 5) is 36.6. The Bertz CT molecular complexity index is 818.